The van der Waals surface area contributed by atoms with Crippen LogP contribution in [0.3, 0.4) is 0 Å². The van der Waals surface area contributed by atoms with Crippen LogP contribution in [0.25, 0.3) is 0 Å². The Kier molecular flexibility index (Phi) is 4.66. The van der Waals surface area contributed by atoms with Gasteiger partial charge in [-0.25, -0.2) is 9.18 Å². The van der Waals surface area contributed by atoms with Gasteiger partial charge in [-0.2, -0.15) is 0 Å². The van der Waals surface area contributed by atoms with Gasteiger partial charge in [0.15, 0.2) is 0 Å². The maximum Gasteiger partial charge on any atom is 0.337 e. The summed E-state index contributed by atoms with van der Waals surface area (Å²) >= 11 is 0. The fourth-order valence-corrected chi connectivity index (χ4v) is 1.54. The number of anilines is 1. The molecule has 0 spiro atoms. The van der Waals surface area contributed by atoms with E-state index in [2.05, 4.69) is 6.58 Å². The number of carbonyl (C=O) groups is 1. The zero-order valence-electron chi connectivity index (χ0n) is 9.27. The summed E-state index contributed by atoms with van der Waals surface area (Å²) in [6, 6.07) is 3.54. The number of hydrogen-bond donors (Lipinski definition) is 2. The maximum absolute atomic E-state index is 13.0. The van der Waals surface area contributed by atoms with Gasteiger partial charge in [0.05, 0.1) is 17.9 Å². The number of aliphatic hydroxyl groups excluding tert-OH is 1. The number of hydrogen-bond acceptors (Lipinski definition) is 3. The minimum atomic E-state index is -1.20. The third-order valence-electron chi connectivity index (χ3n) is 2.25. The summed E-state index contributed by atoms with van der Waals surface area (Å²) in [6.45, 7) is 4.08. The van der Waals surface area contributed by atoms with Crippen molar-refractivity contribution >= 4 is 11.7 Å². The van der Waals surface area contributed by atoms with Crippen LogP contribution in [0.2, 0.25) is 0 Å². The van der Waals surface area contributed by atoms with Crippen molar-refractivity contribution in [1.82, 2.24) is 0 Å². The Morgan fingerprint density at radius 3 is 2.76 bits per heavy atom. The van der Waals surface area contributed by atoms with Crippen LogP contribution >= 0.6 is 0 Å². The van der Waals surface area contributed by atoms with Crippen LogP contribution in [0.4, 0.5) is 10.1 Å². The number of rotatable bonds is 6. The molecule has 0 saturated heterocycles. The van der Waals surface area contributed by atoms with E-state index in [0.29, 0.717) is 12.2 Å². The zero-order chi connectivity index (χ0) is 12.8. The van der Waals surface area contributed by atoms with Crippen LogP contribution in [0, 0.1) is 5.82 Å². The topological polar surface area (TPSA) is 60.8 Å². The lowest BCUT2D eigenvalue weighted by molar-refractivity contribution is 0.0697. The molecule has 1 rings (SSSR count). The largest absolute Gasteiger partial charge is 0.478 e. The van der Waals surface area contributed by atoms with E-state index in [9.17, 15) is 9.18 Å². The van der Waals surface area contributed by atoms with Crippen LogP contribution < -0.4 is 4.90 Å². The molecule has 4 nitrogen and oxygen atoms in total. The van der Waals surface area contributed by atoms with E-state index in [1.807, 2.05) is 0 Å². The Morgan fingerprint density at radius 1 is 1.53 bits per heavy atom. The van der Waals surface area contributed by atoms with Gasteiger partial charge in [0.1, 0.15) is 5.82 Å². The number of benzene rings is 1. The van der Waals surface area contributed by atoms with Gasteiger partial charge in [-0.05, 0) is 18.2 Å². The quantitative estimate of drug-likeness (QED) is 0.739. The minimum absolute atomic E-state index is 0.121. The summed E-state index contributed by atoms with van der Waals surface area (Å²) in [5.74, 6) is -1.81. The second-order valence-electron chi connectivity index (χ2n) is 3.42. The number of halogens is 1. The normalized spacial score (nSPS) is 10.0. The van der Waals surface area contributed by atoms with Gasteiger partial charge < -0.3 is 15.1 Å². The van der Waals surface area contributed by atoms with E-state index in [1.54, 1.807) is 11.0 Å². The molecule has 0 heterocycles. The molecule has 17 heavy (non-hydrogen) atoms. The molecule has 0 aliphatic carbocycles. The lowest BCUT2D eigenvalue weighted by Gasteiger charge is -2.23. The van der Waals surface area contributed by atoms with E-state index < -0.39 is 11.8 Å². The molecule has 0 aliphatic rings. The smallest absolute Gasteiger partial charge is 0.337 e. The molecule has 0 radical (unpaired) electrons. The summed E-state index contributed by atoms with van der Waals surface area (Å²) < 4.78 is 13.0. The molecule has 0 unspecified atom stereocenters. The number of carboxylic acids is 1. The highest BCUT2D eigenvalue weighted by Crippen LogP contribution is 2.21. The zero-order valence-corrected chi connectivity index (χ0v) is 9.27. The van der Waals surface area contributed by atoms with Crippen molar-refractivity contribution in [2.24, 2.45) is 0 Å². The van der Waals surface area contributed by atoms with Gasteiger partial charge in [-0.3, -0.25) is 0 Å². The predicted octanol–water partition coefficient (Wildman–Crippen LogP) is 1.51. The molecule has 0 atom stereocenters. The van der Waals surface area contributed by atoms with E-state index >= 15 is 0 Å². The fourth-order valence-electron chi connectivity index (χ4n) is 1.54. The standard InChI is InChI=1S/C12H14FNO3/c1-2-5-14(6-7-15)11-4-3-9(13)8-10(11)12(16)17/h2-4,8,15H,1,5-7H2,(H,16,17). The van der Waals surface area contributed by atoms with Crippen molar-refractivity contribution < 1.29 is 19.4 Å². The Hall–Kier alpha value is -1.88. The maximum atomic E-state index is 13.0. The van der Waals surface area contributed by atoms with Crippen LogP contribution in [-0.2, 0) is 0 Å². The molecular formula is C12H14FNO3. The molecule has 0 fully saturated rings. The van der Waals surface area contributed by atoms with E-state index in [0.717, 1.165) is 6.07 Å². The first-order chi connectivity index (χ1) is 8.10. The van der Waals surface area contributed by atoms with Gasteiger partial charge in [0.2, 0.25) is 0 Å². The molecule has 2 N–H and O–H groups in total. The van der Waals surface area contributed by atoms with Gasteiger partial charge >= 0.3 is 5.97 Å². The van der Waals surface area contributed by atoms with Crippen molar-refractivity contribution in [3.63, 3.8) is 0 Å². The van der Waals surface area contributed by atoms with Gasteiger partial charge in [0.25, 0.3) is 0 Å². The molecule has 0 aliphatic heterocycles. The molecule has 0 saturated carbocycles. The van der Waals surface area contributed by atoms with Gasteiger partial charge in [0, 0.05) is 13.1 Å². The molecule has 0 aromatic heterocycles. The summed E-state index contributed by atoms with van der Waals surface area (Å²) in [6.07, 6.45) is 1.59. The molecule has 1 aromatic rings. The third-order valence-corrected chi connectivity index (χ3v) is 2.25. The van der Waals surface area contributed by atoms with Crippen LogP contribution in [-0.4, -0.2) is 35.9 Å². The number of aromatic carboxylic acids is 1. The first-order valence-electron chi connectivity index (χ1n) is 5.09. The second-order valence-corrected chi connectivity index (χ2v) is 3.42. The predicted molar refractivity (Wildman–Crippen MR) is 62.9 cm³/mol. The summed E-state index contributed by atoms with van der Waals surface area (Å²) in [5.41, 5.74) is 0.244. The molecule has 0 amide bonds. The fraction of sp³-hybridized carbons (Fsp3) is 0.250. The summed E-state index contributed by atoms with van der Waals surface area (Å²) in [4.78, 5) is 12.6. The van der Waals surface area contributed by atoms with Gasteiger partial charge in [-0.1, -0.05) is 6.08 Å². The Balaban J connectivity index is 3.16. The highest BCUT2D eigenvalue weighted by molar-refractivity contribution is 5.94. The highest BCUT2D eigenvalue weighted by atomic mass is 19.1. The monoisotopic (exact) mass is 239 g/mol. The summed E-state index contributed by atoms with van der Waals surface area (Å²) in [5, 5.41) is 17.9. The number of nitrogens with zero attached hydrogens (tertiary/aromatic N) is 1. The molecular weight excluding hydrogens is 225 g/mol. The van der Waals surface area contributed by atoms with Crippen molar-refractivity contribution in [1.29, 1.82) is 0 Å². The lowest BCUT2D eigenvalue weighted by atomic mass is 10.1. The Labute approximate surface area is 98.6 Å². The Bertz CT molecular complexity index is 420. The number of carboxylic acid groups (broad SMARTS) is 1. The van der Waals surface area contributed by atoms with Crippen LogP contribution in [0.5, 0.6) is 0 Å². The molecule has 0 bridgehead atoms. The molecule has 92 valence electrons. The van der Waals surface area contributed by atoms with Crippen molar-refractivity contribution in [3.05, 3.63) is 42.2 Å². The van der Waals surface area contributed by atoms with Gasteiger partial charge in [-0.15, -0.1) is 6.58 Å². The average molecular weight is 239 g/mol. The van der Waals surface area contributed by atoms with Crippen LogP contribution in [0.15, 0.2) is 30.9 Å². The first kappa shape index (κ1) is 13.2. The average Bonchev–Trinajstić information content (AvgIpc) is 2.28. The third kappa shape index (κ3) is 3.29. The minimum Gasteiger partial charge on any atom is -0.478 e. The SMILES string of the molecule is C=CCN(CCO)c1ccc(F)cc1C(=O)O. The second kappa shape index (κ2) is 6.00. The Morgan fingerprint density at radius 2 is 2.24 bits per heavy atom. The summed E-state index contributed by atoms with van der Waals surface area (Å²) in [7, 11) is 0. The molecule has 5 heteroatoms. The lowest BCUT2D eigenvalue weighted by Crippen LogP contribution is -2.28. The van der Waals surface area contributed by atoms with E-state index in [1.165, 1.54) is 12.1 Å². The van der Waals surface area contributed by atoms with E-state index in [4.69, 9.17) is 10.2 Å². The van der Waals surface area contributed by atoms with E-state index in [-0.39, 0.29) is 18.7 Å². The number of aliphatic hydroxyl groups is 1. The van der Waals surface area contributed by atoms with Crippen molar-refractivity contribution in [3.8, 4) is 0 Å². The van der Waals surface area contributed by atoms with Crippen molar-refractivity contribution in [2.75, 3.05) is 24.6 Å². The highest BCUT2D eigenvalue weighted by Gasteiger charge is 2.15. The first-order valence-corrected chi connectivity index (χ1v) is 5.09. The van der Waals surface area contributed by atoms with Crippen molar-refractivity contribution in [2.45, 2.75) is 0 Å². The molecule has 1 aromatic carbocycles. The van der Waals surface area contributed by atoms with Crippen LogP contribution in [0.1, 0.15) is 10.4 Å².